The van der Waals surface area contributed by atoms with Gasteiger partial charge in [-0.05, 0) is 42.0 Å². The molecule has 1 fully saturated rings. The van der Waals surface area contributed by atoms with Gasteiger partial charge in [0.1, 0.15) is 10.8 Å². The zero-order valence-electron chi connectivity index (χ0n) is 18.1. The Morgan fingerprint density at radius 2 is 1.75 bits per heavy atom. The molecule has 0 aliphatic carbocycles. The molecule has 0 radical (unpaired) electrons. The number of hydrogen-bond acceptors (Lipinski definition) is 7. The first kappa shape index (κ1) is 22.0. The molecule has 0 unspecified atom stereocenters. The van der Waals surface area contributed by atoms with Crippen molar-refractivity contribution in [3.63, 3.8) is 0 Å². The number of anilines is 2. The third-order valence-corrected chi connectivity index (χ3v) is 6.25. The van der Waals surface area contributed by atoms with Crippen molar-refractivity contribution in [2.45, 2.75) is 11.6 Å². The van der Waals surface area contributed by atoms with Crippen LogP contribution in [0.2, 0.25) is 0 Å². The van der Waals surface area contributed by atoms with Gasteiger partial charge in [0, 0.05) is 38.4 Å². The minimum atomic E-state index is -0.0410. The van der Waals surface area contributed by atoms with Crippen LogP contribution in [0, 0.1) is 0 Å². The molecule has 0 bridgehead atoms. The first-order valence-corrected chi connectivity index (χ1v) is 11.6. The molecule has 1 saturated heterocycles. The second kappa shape index (κ2) is 10.9. The summed E-state index contributed by atoms with van der Waals surface area (Å²) in [7, 11) is 1.63. The lowest BCUT2D eigenvalue weighted by atomic mass is 10.2. The Hall–Kier alpha value is -3.26. The van der Waals surface area contributed by atoms with Crippen LogP contribution < -0.4 is 19.9 Å². The molecule has 2 heterocycles. The highest BCUT2D eigenvalue weighted by atomic mass is 32.2. The van der Waals surface area contributed by atoms with E-state index in [1.54, 1.807) is 7.11 Å². The van der Waals surface area contributed by atoms with E-state index in [2.05, 4.69) is 49.6 Å². The summed E-state index contributed by atoms with van der Waals surface area (Å²) < 4.78 is 5.21. The minimum Gasteiger partial charge on any atom is -0.497 e. The van der Waals surface area contributed by atoms with E-state index in [4.69, 9.17) is 4.74 Å². The smallest absolute Gasteiger partial charge is 0.230 e. The first-order valence-electron chi connectivity index (χ1n) is 10.6. The molecule has 4 rings (SSSR count). The van der Waals surface area contributed by atoms with E-state index in [1.165, 1.54) is 17.4 Å². The molecule has 0 atom stereocenters. The highest BCUT2D eigenvalue weighted by molar-refractivity contribution is 7.99. The number of benzene rings is 2. The number of para-hydroxylation sites is 1. The highest BCUT2D eigenvalue weighted by Gasteiger charge is 2.18. The van der Waals surface area contributed by atoms with Crippen LogP contribution in [-0.2, 0) is 11.3 Å². The third-order valence-electron chi connectivity index (χ3n) is 5.33. The maximum Gasteiger partial charge on any atom is 0.230 e. The van der Waals surface area contributed by atoms with Crippen LogP contribution in [-0.4, -0.2) is 55.1 Å². The van der Waals surface area contributed by atoms with Gasteiger partial charge < -0.3 is 19.9 Å². The molecule has 0 spiro atoms. The molecule has 7 nitrogen and oxygen atoms in total. The highest BCUT2D eigenvalue weighted by Crippen LogP contribution is 2.21. The van der Waals surface area contributed by atoms with Gasteiger partial charge in [0.05, 0.1) is 12.9 Å². The number of nitrogens with zero attached hydrogens (tertiary/aromatic N) is 4. The second-order valence-corrected chi connectivity index (χ2v) is 8.45. The summed E-state index contributed by atoms with van der Waals surface area (Å²) in [6.45, 7) is 4.19. The van der Waals surface area contributed by atoms with Crippen LogP contribution in [0.3, 0.4) is 0 Å². The molecule has 166 valence electrons. The Morgan fingerprint density at radius 3 is 2.47 bits per heavy atom. The van der Waals surface area contributed by atoms with Crippen LogP contribution in [0.1, 0.15) is 5.56 Å². The van der Waals surface area contributed by atoms with Crippen molar-refractivity contribution in [2.24, 2.45) is 0 Å². The largest absolute Gasteiger partial charge is 0.497 e. The summed E-state index contributed by atoms with van der Waals surface area (Å²) in [5.41, 5.74) is 2.26. The summed E-state index contributed by atoms with van der Waals surface area (Å²) in [4.78, 5) is 16.8. The number of methoxy groups -OCH3 is 1. The van der Waals surface area contributed by atoms with E-state index in [-0.39, 0.29) is 5.91 Å². The molecular weight excluding hydrogens is 422 g/mol. The lowest BCUT2D eigenvalue weighted by Crippen LogP contribution is -2.46. The maximum absolute atomic E-state index is 12.2. The molecule has 1 aromatic heterocycles. The Bertz CT molecular complexity index is 1010. The van der Waals surface area contributed by atoms with Gasteiger partial charge in [0.25, 0.3) is 0 Å². The van der Waals surface area contributed by atoms with Gasteiger partial charge >= 0.3 is 0 Å². The number of rotatable bonds is 8. The predicted molar refractivity (Wildman–Crippen MR) is 128 cm³/mol. The fourth-order valence-corrected chi connectivity index (χ4v) is 4.21. The molecule has 32 heavy (non-hydrogen) atoms. The fourth-order valence-electron chi connectivity index (χ4n) is 3.56. The predicted octanol–water partition coefficient (Wildman–Crippen LogP) is 3.22. The van der Waals surface area contributed by atoms with Crippen LogP contribution in [0.25, 0.3) is 0 Å². The van der Waals surface area contributed by atoms with Gasteiger partial charge in [0.15, 0.2) is 5.82 Å². The first-order chi connectivity index (χ1) is 15.7. The van der Waals surface area contributed by atoms with E-state index >= 15 is 0 Å². The Morgan fingerprint density at radius 1 is 0.969 bits per heavy atom. The minimum absolute atomic E-state index is 0.0410. The molecule has 8 heteroatoms. The quantitative estimate of drug-likeness (QED) is 0.530. The number of ether oxygens (including phenoxy) is 1. The molecule has 2 aromatic carbocycles. The van der Waals surface area contributed by atoms with E-state index in [9.17, 15) is 4.79 Å². The number of piperazine rings is 1. The Balaban J connectivity index is 1.21. The van der Waals surface area contributed by atoms with Crippen molar-refractivity contribution in [3.8, 4) is 5.75 Å². The monoisotopic (exact) mass is 449 g/mol. The van der Waals surface area contributed by atoms with Crippen molar-refractivity contribution in [1.29, 1.82) is 0 Å². The number of hydrogen-bond donors (Lipinski definition) is 1. The van der Waals surface area contributed by atoms with E-state index in [1.807, 2.05) is 42.5 Å². The number of carbonyl (C=O) groups excluding carboxylic acids is 1. The van der Waals surface area contributed by atoms with Gasteiger partial charge in [-0.3, -0.25) is 4.79 Å². The molecular formula is C24H27N5O2S. The summed E-state index contributed by atoms with van der Waals surface area (Å²) in [6, 6.07) is 22.1. The molecule has 1 amide bonds. The zero-order valence-corrected chi connectivity index (χ0v) is 18.9. The number of thioether (sulfide) groups is 1. The molecule has 1 N–H and O–H groups in total. The van der Waals surface area contributed by atoms with Gasteiger partial charge in [-0.1, -0.05) is 42.1 Å². The van der Waals surface area contributed by atoms with Crippen LogP contribution in [0.4, 0.5) is 11.5 Å². The van der Waals surface area contributed by atoms with Gasteiger partial charge in [-0.2, -0.15) is 0 Å². The second-order valence-electron chi connectivity index (χ2n) is 7.46. The van der Waals surface area contributed by atoms with Crippen molar-refractivity contribution in [3.05, 3.63) is 72.3 Å². The van der Waals surface area contributed by atoms with Crippen molar-refractivity contribution in [2.75, 3.05) is 48.8 Å². The Labute approximate surface area is 192 Å². The van der Waals surface area contributed by atoms with Crippen molar-refractivity contribution >= 4 is 29.2 Å². The van der Waals surface area contributed by atoms with Crippen molar-refractivity contribution in [1.82, 2.24) is 15.5 Å². The lowest BCUT2D eigenvalue weighted by Gasteiger charge is -2.36. The molecule has 0 saturated carbocycles. The number of aromatic nitrogens is 2. The van der Waals surface area contributed by atoms with Gasteiger partial charge in [-0.15, -0.1) is 10.2 Å². The topological polar surface area (TPSA) is 70.6 Å². The van der Waals surface area contributed by atoms with Crippen molar-refractivity contribution < 1.29 is 9.53 Å². The van der Waals surface area contributed by atoms with E-state index < -0.39 is 0 Å². The van der Waals surface area contributed by atoms with Crippen LogP contribution in [0.5, 0.6) is 5.75 Å². The molecule has 1 aliphatic heterocycles. The average Bonchev–Trinajstić information content (AvgIpc) is 2.87. The lowest BCUT2D eigenvalue weighted by molar-refractivity contribution is -0.118. The summed E-state index contributed by atoms with van der Waals surface area (Å²) in [5.74, 6) is 1.92. The molecule has 3 aromatic rings. The number of nitrogens with one attached hydrogen (secondary N) is 1. The van der Waals surface area contributed by atoms with Crippen LogP contribution >= 0.6 is 11.8 Å². The average molecular weight is 450 g/mol. The summed E-state index contributed by atoms with van der Waals surface area (Å²) in [5, 5.41) is 12.4. The van der Waals surface area contributed by atoms with Gasteiger partial charge in [-0.25, -0.2) is 0 Å². The van der Waals surface area contributed by atoms with E-state index in [0.717, 1.165) is 48.3 Å². The maximum atomic E-state index is 12.2. The normalized spacial score (nSPS) is 13.7. The van der Waals surface area contributed by atoms with Crippen LogP contribution in [0.15, 0.2) is 71.8 Å². The SMILES string of the molecule is COc1cccc(CNC(=O)CSc2ccc(N3CCN(c4ccccc4)CC3)nn2)c1. The number of carbonyl (C=O) groups is 1. The number of amides is 1. The standard InChI is InChI=1S/C24H27N5O2S/c1-31-21-9-5-6-19(16-21)17-25-23(30)18-32-24-11-10-22(26-27-24)29-14-12-28(13-15-29)20-7-3-2-4-8-20/h2-11,16H,12-15,17-18H2,1H3,(H,25,30). The third kappa shape index (κ3) is 5.91. The summed E-state index contributed by atoms with van der Waals surface area (Å²) in [6.07, 6.45) is 0. The molecule has 1 aliphatic rings. The summed E-state index contributed by atoms with van der Waals surface area (Å²) >= 11 is 1.39. The fraction of sp³-hybridized carbons (Fsp3) is 0.292. The zero-order chi connectivity index (χ0) is 22.2. The van der Waals surface area contributed by atoms with Gasteiger partial charge in [0.2, 0.25) is 5.91 Å². The van der Waals surface area contributed by atoms with E-state index in [0.29, 0.717) is 12.3 Å². The Kier molecular flexibility index (Phi) is 7.45.